The lowest BCUT2D eigenvalue weighted by atomic mass is 9.86. The van der Waals surface area contributed by atoms with Crippen molar-refractivity contribution in [3.05, 3.63) is 35.4 Å². The Morgan fingerprint density at radius 3 is 2.09 bits per heavy atom. The second-order valence-electron chi connectivity index (χ2n) is 8.21. The summed E-state index contributed by atoms with van der Waals surface area (Å²) < 4.78 is 5.23. The fraction of sp³-hybridized carbons (Fsp3) is 0.579. The first-order chi connectivity index (χ1) is 10.6. The van der Waals surface area contributed by atoms with Crippen LogP contribution in [0, 0.1) is 5.92 Å². The quantitative estimate of drug-likeness (QED) is 0.653. The highest BCUT2D eigenvalue weighted by atomic mass is 16.6. The largest absolute Gasteiger partial charge is 0.443 e. The summed E-state index contributed by atoms with van der Waals surface area (Å²) in [6.45, 7) is 12.1. The van der Waals surface area contributed by atoms with Gasteiger partial charge in [0.05, 0.1) is 5.71 Å². The van der Waals surface area contributed by atoms with Crippen molar-refractivity contribution in [3.8, 4) is 0 Å². The van der Waals surface area contributed by atoms with Gasteiger partial charge in [-0.3, -0.25) is 0 Å². The third-order valence-electron chi connectivity index (χ3n) is 3.68. The Morgan fingerprint density at radius 1 is 1.09 bits per heavy atom. The van der Waals surface area contributed by atoms with Crippen molar-refractivity contribution in [2.45, 2.75) is 65.4 Å². The molecule has 0 spiro atoms. The van der Waals surface area contributed by atoms with E-state index in [1.807, 2.05) is 20.8 Å². The van der Waals surface area contributed by atoms with Crippen molar-refractivity contribution in [3.63, 3.8) is 0 Å². The molecule has 0 bridgehead atoms. The third kappa shape index (κ3) is 5.38. The number of ether oxygens (including phenoxy) is 1. The van der Waals surface area contributed by atoms with Gasteiger partial charge in [-0.15, -0.1) is 0 Å². The first-order valence-electron chi connectivity index (χ1n) is 8.24. The van der Waals surface area contributed by atoms with Crippen LogP contribution in [0.5, 0.6) is 0 Å². The molecule has 1 aliphatic rings. The van der Waals surface area contributed by atoms with Gasteiger partial charge in [-0.2, -0.15) is 5.10 Å². The standard InChI is InChI=1S/C19H28N2O2/c1-18(2,3)15-11-9-14(10-12-15)16(13-7-8-13)20-21-17(22)23-19(4,5)6/h9-13H,7-8H2,1-6H3,(H,21,22). The summed E-state index contributed by atoms with van der Waals surface area (Å²) in [5, 5.41) is 4.32. The van der Waals surface area contributed by atoms with Gasteiger partial charge in [-0.25, -0.2) is 10.2 Å². The zero-order chi connectivity index (χ0) is 17.3. The molecule has 1 fully saturated rings. The Labute approximate surface area is 139 Å². The van der Waals surface area contributed by atoms with Crippen LogP contribution in [0.25, 0.3) is 0 Å². The summed E-state index contributed by atoms with van der Waals surface area (Å²) in [5.41, 5.74) is 5.44. The summed E-state index contributed by atoms with van der Waals surface area (Å²) in [4.78, 5) is 11.8. The number of amides is 1. The number of hydrogen-bond donors (Lipinski definition) is 1. The van der Waals surface area contributed by atoms with Gasteiger partial charge in [0, 0.05) is 5.92 Å². The minimum atomic E-state index is -0.520. The van der Waals surface area contributed by atoms with Gasteiger partial charge in [-0.1, -0.05) is 45.0 Å². The van der Waals surface area contributed by atoms with Crippen LogP contribution < -0.4 is 5.43 Å². The summed E-state index contributed by atoms with van der Waals surface area (Å²) in [7, 11) is 0. The summed E-state index contributed by atoms with van der Waals surface area (Å²) in [6.07, 6.45) is 1.73. The van der Waals surface area contributed by atoms with Crippen molar-refractivity contribution in [1.29, 1.82) is 0 Å². The predicted octanol–water partition coefficient (Wildman–Crippen LogP) is 4.62. The predicted molar refractivity (Wildman–Crippen MR) is 93.8 cm³/mol. The van der Waals surface area contributed by atoms with Crippen molar-refractivity contribution in [2.24, 2.45) is 11.0 Å². The fourth-order valence-corrected chi connectivity index (χ4v) is 2.30. The molecule has 23 heavy (non-hydrogen) atoms. The zero-order valence-electron chi connectivity index (χ0n) is 15.1. The highest BCUT2D eigenvalue weighted by Gasteiger charge is 2.29. The van der Waals surface area contributed by atoms with E-state index >= 15 is 0 Å². The average molecular weight is 316 g/mol. The van der Waals surface area contributed by atoms with Crippen molar-refractivity contribution in [2.75, 3.05) is 0 Å². The minimum absolute atomic E-state index is 0.129. The lowest BCUT2D eigenvalue weighted by Crippen LogP contribution is -2.30. The first-order valence-corrected chi connectivity index (χ1v) is 8.24. The molecule has 4 nitrogen and oxygen atoms in total. The van der Waals surface area contributed by atoms with E-state index in [1.54, 1.807) is 0 Å². The SMILES string of the molecule is CC(C)(C)OC(=O)NN=C(c1ccc(C(C)(C)C)cc1)C1CC1. The smallest absolute Gasteiger partial charge is 0.428 e. The summed E-state index contributed by atoms with van der Waals surface area (Å²) >= 11 is 0. The van der Waals surface area contributed by atoms with E-state index in [0.29, 0.717) is 5.92 Å². The summed E-state index contributed by atoms with van der Waals surface area (Å²) in [6, 6.07) is 8.46. The maximum absolute atomic E-state index is 11.8. The van der Waals surface area contributed by atoms with Gasteiger partial charge in [0.25, 0.3) is 0 Å². The number of nitrogens with one attached hydrogen (secondary N) is 1. The Balaban J connectivity index is 2.12. The van der Waals surface area contributed by atoms with Crippen LogP contribution >= 0.6 is 0 Å². The van der Waals surface area contributed by atoms with Gasteiger partial charge in [-0.05, 0) is 50.2 Å². The van der Waals surface area contributed by atoms with Crippen LogP contribution in [0.15, 0.2) is 29.4 Å². The molecule has 1 aromatic carbocycles. The van der Waals surface area contributed by atoms with E-state index < -0.39 is 11.7 Å². The third-order valence-corrected chi connectivity index (χ3v) is 3.68. The normalized spacial score (nSPS) is 16.2. The van der Waals surface area contributed by atoms with Gasteiger partial charge in [0.15, 0.2) is 0 Å². The second kappa shape index (κ2) is 6.34. The fourth-order valence-electron chi connectivity index (χ4n) is 2.30. The molecule has 0 atom stereocenters. The number of benzene rings is 1. The maximum atomic E-state index is 11.8. The van der Waals surface area contributed by atoms with E-state index in [9.17, 15) is 4.79 Å². The molecule has 0 radical (unpaired) electrons. The van der Waals surface area contributed by atoms with Crippen LogP contribution in [0.2, 0.25) is 0 Å². The molecule has 1 saturated carbocycles. The molecule has 0 unspecified atom stereocenters. The molecule has 0 heterocycles. The first kappa shape index (κ1) is 17.5. The average Bonchev–Trinajstić information content (AvgIpc) is 3.21. The van der Waals surface area contributed by atoms with Crippen molar-refractivity contribution >= 4 is 11.8 Å². The minimum Gasteiger partial charge on any atom is -0.443 e. The Hall–Kier alpha value is -1.84. The molecule has 2 rings (SSSR count). The van der Waals surface area contributed by atoms with E-state index in [0.717, 1.165) is 24.1 Å². The molecule has 1 amide bonds. The van der Waals surface area contributed by atoms with Crippen LogP contribution in [-0.4, -0.2) is 17.4 Å². The highest BCUT2D eigenvalue weighted by molar-refractivity contribution is 6.03. The number of carbonyl (C=O) groups excluding carboxylic acids is 1. The molecule has 1 N–H and O–H groups in total. The molecule has 1 aromatic rings. The molecule has 0 aliphatic heterocycles. The monoisotopic (exact) mass is 316 g/mol. The van der Waals surface area contributed by atoms with Gasteiger partial charge in [0.2, 0.25) is 0 Å². The topological polar surface area (TPSA) is 50.7 Å². The Bertz CT molecular complexity index is 585. The zero-order valence-corrected chi connectivity index (χ0v) is 15.1. The molecule has 0 saturated heterocycles. The second-order valence-corrected chi connectivity index (χ2v) is 8.21. The van der Waals surface area contributed by atoms with Crippen LogP contribution in [0.1, 0.15) is 65.5 Å². The molecular formula is C19H28N2O2. The van der Waals surface area contributed by atoms with Crippen LogP contribution in [-0.2, 0) is 10.2 Å². The number of rotatable bonds is 3. The van der Waals surface area contributed by atoms with Crippen LogP contribution in [0.4, 0.5) is 4.79 Å². The van der Waals surface area contributed by atoms with Crippen LogP contribution in [0.3, 0.4) is 0 Å². The maximum Gasteiger partial charge on any atom is 0.428 e. The van der Waals surface area contributed by atoms with E-state index in [4.69, 9.17) is 4.74 Å². The molecule has 0 aromatic heterocycles. The van der Waals surface area contributed by atoms with Gasteiger partial charge >= 0.3 is 6.09 Å². The molecular weight excluding hydrogens is 288 g/mol. The number of hydrazone groups is 1. The Morgan fingerprint density at radius 2 is 1.65 bits per heavy atom. The van der Waals surface area contributed by atoms with E-state index in [-0.39, 0.29) is 5.41 Å². The van der Waals surface area contributed by atoms with Gasteiger partial charge in [0.1, 0.15) is 5.60 Å². The molecule has 126 valence electrons. The molecule has 4 heteroatoms. The molecule has 1 aliphatic carbocycles. The highest BCUT2D eigenvalue weighted by Crippen LogP contribution is 2.34. The lowest BCUT2D eigenvalue weighted by molar-refractivity contribution is 0.0529. The van der Waals surface area contributed by atoms with Crippen molar-refractivity contribution < 1.29 is 9.53 Å². The van der Waals surface area contributed by atoms with Gasteiger partial charge < -0.3 is 4.74 Å². The number of carbonyl (C=O) groups is 1. The van der Waals surface area contributed by atoms with Crippen molar-refractivity contribution in [1.82, 2.24) is 5.43 Å². The summed E-state index contributed by atoms with van der Waals surface area (Å²) in [5.74, 6) is 0.436. The Kier molecular flexibility index (Phi) is 4.83. The van der Waals surface area contributed by atoms with E-state index in [1.165, 1.54) is 5.56 Å². The van der Waals surface area contributed by atoms with E-state index in [2.05, 4.69) is 55.6 Å². The number of nitrogens with zero attached hydrogens (tertiary/aromatic N) is 1. The number of hydrogen-bond acceptors (Lipinski definition) is 3. The lowest BCUT2D eigenvalue weighted by Gasteiger charge is -2.20.